The van der Waals surface area contributed by atoms with Crippen LogP contribution in [0.2, 0.25) is 0 Å². The van der Waals surface area contributed by atoms with Crippen LogP contribution in [-0.4, -0.2) is 49.8 Å². The van der Waals surface area contributed by atoms with Crippen LogP contribution in [0.1, 0.15) is 46.0 Å². The van der Waals surface area contributed by atoms with E-state index in [1.54, 1.807) is 12.1 Å². The molecule has 1 aromatic heterocycles. The first kappa shape index (κ1) is 33.8. The molecule has 0 saturated carbocycles. The van der Waals surface area contributed by atoms with Crippen molar-refractivity contribution in [3.05, 3.63) is 94.2 Å². The molecule has 3 aromatic carbocycles. The topological polar surface area (TPSA) is 75.7 Å². The average molecular weight is 661 g/mol. The second-order valence-corrected chi connectivity index (χ2v) is 11.4. The molecule has 13 heteroatoms. The number of alkyl halides is 6. The highest BCUT2D eigenvalue weighted by molar-refractivity contribution is 6.00. The molecular weight excluding hydrogens is 626 g/mol. The van der Waals surface area contributed by atoms with Gasteiger partial charge in [-0.2, -0.15) is 26.3 Å². The highest BCUT2D eigenvalue weighted by Gasteiger charge is 2.37. The number of halogens is 6. The summed E-state index contributed by atoms with van der Waals surface area (Å²) in [5.41, 5.74) is 1.10. The van der Waals surface area contributed by atoms with Crippen LogP contribution in [0.25, 0.3) is 10.9 Å². The van der Waals surface area contributed by atoms with Crippen molar-refractivity contribution in [3.8, 4) is 11.5 Å². The summed E-state index contributed by atoms with van der Waals surface area (Å²) >= 11 is 0. The van der Waals surface area contributed by atoms with Gasteiger partial charge in [0.2, 0.25) is 0 Å². The molecular formula is C34H34F6N4O3. The van der Waals surface area contributed by atoms with Crippen molar-refractivity contribution < 1.29 is 40.6 Å². The number of nitrogens with one attached hydrogen (secondary N) is 2. The van der Waals surface area contributed by atoms with Crippen molar-refractivity contribution in [3.63, 3.8) is 0 Å². The fourth-order valence-corrected chi connectivity index (χ4v) is 6.04. The number of carbonyl (C=O) groups excluding carboxylic acids is 1. The number of carbonyl (C=O) groups is 1. The largest absolute Gasteiger partial charge is 0.493 e. The number of rotatable bonds is 9. The summed E-state index contributed by atoms with van der Waals surface area (Å²) in [6.07, 6.45) is -9.09. The van der Waals surface area contributed by atoms with Crippen LogP contribution in [0.4, 0.5) is 36.8 Å². The minimum atomic E-state index is -4.93. The fourth-order valence-electron chi connectivity index (χ4n) is 6.04. The van der Waals surface area contributed by atoms with Gasteiger partial charge in [-0.05, 0) is 85.3 Å². The SMILES string of the molecule is COc1cc2c(cc1OC)C(CCc1cc(C(F)(F)F)cc(C(F)(F)F)c1)N(CCNC(=O)Nc1cc(C)nc3ccccc13)CC2. The summed E-state index contributed by atoms with van der Waals surface area (Å²) < 4.78 is 92.2. The Hall–Kier alpha value is -4.52. The predicted molar refractivity (Wildman–Crippen MR) is 166 cm³/mol. The smallest absolute Gasteiger partial charge is 0.416 e. The quantitative estimate of drug-likeness (QED) is 0.178. The number of fused-ring (bicyclic) bond motifs is 2. The van der Waals surface area contributed by atoms with E-state index in [2.05, 4.69) is 20.5 Å². The Bertz CT molecular complexity index is 1730. The number of amides is 2. The molecule has 0 radical (unpaired) electrons. The Morgan fingerprint density at radius 1 is 0.936 bits per heavy atom. The first-order valence-corrected chi connectivity index (χ1v) is 14.9. The molecule has 250 valence electrons. The standard InChI is InChI=1S/C34H34F6N4O3/c1-20-14-28(25-6-4-5-7-27(25)42-20)43-32(45)41-11-13-44-12-10-22-17-30(46-2)31(47-3)19-26(22)29(44)9-8-21-15-23(33(35,36)37)18-24(16-21)34(38,39)40/h4-7,14-19,29H,8-13H2,1-3H3,(H2,41,42,43,45). The second kappa shape index (κ2) is 13.7. The van der Waals surface area contributed by atoms with Gasteiger partial charge >= 0.3 is 18.4 Å². The number of nitrogens with zero attached hydrogens (tertiary/aromatic N) is 2. The molecule has 1 atom stereocenters. The van der Waals surface area contributed by atoms with Crippen LogP contribution in [0.15, 0.2) is 60.7 Å². The number of ether oxygens (including phenoxy) is 2. The highest BCUT2D eigenvalue weighted by Crippen LogP contribution is 2.41. The lowest BCUT2D eigenvalue weighted by atomic mass is 9.88. The van der Waals surface area contributed by atoms with Crippen molar-refractivity contribution in [1.82, 2.24) is 15.2 Å². The molecule has 0 fully saturated rings. The van der Waals surface area contributed by atoms with Crippen LogP contribution in [0, 0.1) is 6.92 Å². The Kier molecular flexibility index (Phi) is 9.85. The van der Waals surface area contributed by atoms with Crippen LogP contribution in [0.3, 0.4) is 0 Å². The molecule has 1 unspecified atom stereocenters. The number of aromatic nitrogens is 1. The number of para-hydroxylation sites is 1. The van der Waals surface area contributed by atoms with E-state index in [1.165, 1.54) is 14.2 Å². The first-order valence-electron chi connectivity index (χ1n) is 14.9. The van der Waals surface area contributed by atoms with Gasteiger partial charge < -0.3 is 20.1 Å². The van der Waals surface area contributed by atoms with E-state index < -0.39 is 29.5 Å². The maximum absolute atomic E-state index is 13.5. The van der Waals surface area contributed by atoms with Crippen molar-refractivity contribution >= 4 is 22.6 Å². The van der Waals surface area contributed by atoms with E-state index in [0.29, 0.717) is 36.7 Å². The number of hydrogen-bond donors (Lipinski definition) is 2. The molecule has 47 heavy (non-hydrogen) atoms. The summed E-state index contributed by atoms with van der Waals surface area (Å²) in [5.74, 6) is 0.970. The minimum Gasteiger partial charge on any atom is -0.493 e. The monoisotopic (exact) mass is 660 g/mol. The molecule has 0 spiro atoms. The van der Waals surface area contributed by atoms with E-state index in [9.17, 15) is 31.1 Å². The summed E-state index contributed by atoms with van der Waals surface area (Å²) in [6.45, 7) is 2.98. The van der Waals surface area contributed by atoms with Gasteiger partial charge in [0.05, 0.1) is 36.6 Å². The minimum absolute atomic E-state index is 0.0513. The van der Waals surface area contributed by atoms with E-state index >= 15 is 0 Å². The third-order valence-corrected chi connectivity index (χ3v) is 8.24. The van der Waals surface area contributed by atoms with Crippen molar-refractivity contribution in [2.75, 3.05) is 39.2 Å². The van der Waals surface area contributed by atoms with Crippen molar-refractivity contribution in [2.45, 2.75) is 44.6 Å². The van der Waals surface area contributed by atoms with E-state index in [-0.39, 0.29) is 37.1 Å². The van der Waals surface area contributed by atoms with Gasteiger partial charge in [-0.1, -0.05) is 18.2 Å². The van der Waals surface area contributed by atoms with Gasteiger partial charge in [0.15, 0.2) is 11.5 Å². The van der Waals surface area contributed by atoms with Gasteiger partial charge in [0, 0.05) is 36.8 Å². The number of methoxy groups -OCH3 is 2. The normalized spacial score (nSPS) is 15.3. The molecule has 1 aliphatic rings. The summed E-state index contributed by atoms with van der Waals surface area (Å²) in [4.78, 5) is 19.5. The van der Waals surface area contributed by atoms with Gasteiger partial charge in [-0.25, -0.2) is 4.79 Å². The van der Waals surface area contributed by atoms with Gasteiger partial charge in [-0.3, -0.25) is 9.88 Å². The summed E-state index contributed by atoms with van der Waals surface area (Å²) in [6, 6.07) is 13.7. The van der Waals surface area contributed by atoms with E-state index in [1.807, 2.05) is 37.3 Å². The molecule has 2 heterocycles. The van der Waals surface area contributed by atoms with Crippen LogP contribution in [0.5, 0.6) is 11.5 Å². The molecule has 2 amide bonds. The lowest BCUT2D eigenvalue weighted by Gasteiger charge is -2.38. The lowest BCUT2D eigenvalue weighted by molar-refractivity contribution is -0.143. The number of aryl methyl sites for hydroxylation is 2. The van der Waals surface area contributed by atoms with Crippen LogP contribution < -0.4 is 20.1 Å². The zero-order valence-corrected chi connectivity index (χ0v) is 26.0. The molecule has 7 nitrogen and oxygen atoms in total. The Labute approximate surface area is 267 Å². The summed E-state index contributed by atoms with van der Waals surface area (Å²) in [7, 11) is 2.99. The average Bonchev–Trinajstić information content (AvgIpc) is 3.02. The number of hydrogen-bond acceptors (Lipinski definition) is 5. The fraction of sp³-hybridized carbons (Fsp3) is 0.353. The molecule has 4 aromatic rings. The Balaban J connectivity index is 1.36. The van der Waals surface area contributed by atoms with Gasteiger partial charge in [0.1, 0.15) is 0 Å². The maximum atomic E-state index is 13.5. The van der Waals surface area contributed by atoms with Crippen molar-refractivity contribution in [2.24, 2.45) is 0 Å². The zero-order chi connectivity index (χ0) is 33.9. The van der Waals surface area contributed by atoms with Gasteiger partial charge in [0.25, 0.3) is 0 Å². The maximum Gasteiger partial charge on any atom is 0.416 e. The van der Waals surface area contributed by atoms with E-state index in [4.69, 9.17) is 9.47 Å². The lowest BCUT2D eigenvalue weighted by Crippen LogP contribution is -2.42. The molecule has 0 aliphatic carbocycles. The third kappa shape index (κ3) is 7.90. The number of urea groups is 1. The first-order chi connectivity index (χ1) is 22.3. The third-order valence-electron chi connectivity index (χ3n) is 8.24. The highest BCUT2D eigenvalue weighted by atomic mass is 19.4. The predicted octanol–water partition coefficient (Wildman–Crippen LogP) is 7.95. The van der Waals surface area contributed by atoms with Crippen LogP contribution in [-0.2, 0) is 25.2 Å². The van der Waals surface area contributed by atoms with Gasteiger partial charge in [-0.15, -0.1) is 0 Å². The zero-order valence-electron chi connectivity index (χ0n) is 26.0. The Morgan fingerprint density at radius 2 is 1.60 bits per heavy atom. The number of anilines is 1. The second-order valence-electron chi connectivity index (χ2n) is 11.4. The summed E-state index contributed by atoms with van der Waals surface area (Å²) in [5, 5.41) is 6.53. The molecule has 2 N–H and O–H groups in total. The molecule has 1 aliphatic heterocycles. The molecule has 5 rings (SSSR count). The Morgan fingerprint density at radius 3 is 2.26 bits per heavy atom. The van der Waals surface area contributed by atoms with Crippen molar-refractivity contribution in [1.29, 1.82) is 0 Å². The van der Waals surface area contributed by atoms with E-state index in [0.717, 1.165) is 39.9 Å². The molecule has 0 bridgehead atoms. The molecule has 0 saturated heterocycles. The number of pyridine rings is 1. The number of benzene rings is 3. The van der Waals surface area contributed by atoms with Crippen LogP contribution >= 0.6 is 0 Å².